The molecule has 116 valence electrons. The first-order chi connectivity index (χ1) is 11.3. The van der Waals surface area contributed by atoms with Gasteiger partial charge in [0.1, 0.15) is 17.2 Å². The zero-order valence-corrected chi connectivity index (χ0v) is 13.7. The number of fused-ring (bicyclic) bond motifs is 3. The second kappa shape index (κ2) is 6.79. The predicted octanol–water partition coefficient (Wildman–Crippen LogP) is 5.78. The number of aromatic amines is 1. The molecule has 0 fully saturated rings. The van der Waals surface area contributed by atoms with Crippen molar-refractivity contribution in [2.45, 2.75) is 18.9 Å². The van der Waals surface area contributed by atoms with Gasteiger partial charge in [0.25, 0.3) is 0 Å². The highest BCUT2D eigenvalue weighted by atomic mass is 32.2. The average Bonchev–Trinajstić information content (AvgIpc) is 3.01. The van der Waals surface area contributed by atoms with Crippen molar-refractivity contribution in [1.82, 2.24) is 15.0 Å². The van der Waals surface area contributed by atoms with E-state index >= 15 is 0 Å². The molecular formula is C18H16FN3S. The maximum Gasteiger partial charge on any atom is 0.129 e. The third kappa shape index (κ3) is 2.92. The van der Waals surface area contributed by atoms with Crippen LogP contribution in [0.2, 0.25) is 0 Å². The first-order valence-corrected chi connectivity index (χ1v) is 8.17. The summed E-state index contributed by atoms with van der Waals surface area (Å²) in [5.74, 6) is 0. The largest absolute Gasteiger partial charge is 0.354 e. The second-order valence-corrected chi connectivity index (χ2v) is 5.34. The molecule has 0 aliphatic rings. The maximum atomic E-state index is 12.4. The molecule has 3 heterocycles. The van der Waals surface area contributed by atoms with Crippen LogP contribution in [0, 0.1) is 0 Å². The van der Waals surface area contributed by atoms with Crippen LogP contribution in [-0.2, 0) is 0 Å². The number of benzene rings is 1. The van der Waals surface area contributed by atoms with Gasteiger partial charge in [-0.3, -0.25) is 4.98 Å². The molecule has 0 saturated heterocycles. The Morgan fingerprint density at radius 2 is 1.74 bits per heavy atom. The molecule has 0 unspecified atom stereocenters. The number of halogens is 1. The van der Waals surface area contributed by atoms with Crippen LogP contribution in [-0.4, -0.2) is 15.0 Å². The SMILES string of the molecule is CC.FSc1ccc(-c2ccc3c(c2)[nH]c2ccncc23)cn1. The van der Waals surface area contributed by atoms with Gasteiger partial charge >= 0.3 is 0 Å². The minimum Gasteiger partial charge on any atom is -0.354 e. The van der Waals surface area contributed by atoms with Crippen LogP contribution >= 0.6 is 12.1 Å². The summed E-state index contributed by atoms with van der Waals surface area (Å²) < 4.78 is 12.4. The van der Waals surface area contributed by atoms with Gasteiger partial charge in [-0.2, -0.15) is 3.89 Å². The quantitative estimate of drug-likeness (QED) is 0.508. The Kier molecular flexibility index (Phi) is 4.57. The van der Waals surface area contributed by atoms with E-state index in [4.69, 9.17) is 0 Å². The van der Waals surface area contributed by atoms with Gasteiger partial charge in [-0.1, -0.05) is 32.0 Å². The maximum absolute atomic E-state index is 12.4. The van der Waals surface area contributed by atoms with Crippen LogP contribution in [0.5, 0.6) is 0 Å². The van der Waals surface area contributed by atoms with Crippen molar-refractivity contribution in [3.05, 3.63) is 55.0 Å². The molecule has 4 rings (SSSR count). The zero-order valence-electron chi connectivity index (χ0n) is 12.9. The van der Waals surface area contributed by atoms with Crippen LogP contribution in [0.15, 0.2) is 60.0 Å². The Labute approximate surface area is 138 Å². The molecule has 0 aliphatic heterocycles. The molecule has 1 aromatic carbocycles. The molecule has 0 amide bonds. The number of hydrogen-bond acceptors (Lipinski definition) is 3. The van der Waals surface area contributed by atoms with Crippen molar-refractivity contribution in [3.63, 3.8) is 0 Å². The van der Waals surface area contributed by atoms with E-state index in [1.165, 1.54) is 0 Å². The Hall–Kier alpha value is -2.40. The van der Waals surface area contributed by atoms with Crippen molar-refractivity contribution < 1.29 is 3.89 Å². The molecular weight excluding hydrogens is 309 g/mol. The fourth-order valence-electron chi connectivity index (χ4n) is 2.52. The molecule has 0 aliphatic carbocycles. The van der Waals surface area contributed by atoms with Gasteiger partial charge in [-0.05, 0) is 23.8 Å². The van der Waals surface area contributed by atoms with E-state index in [9.17, 15) is 3.89 Å². The Morgan fingerprint density at radius 1 is 0.913 bits per heavy atom. The number of H-pyrrole nitrogens is 1. The number of nitrogens with zero attached hydrogens (tertiary/aromatic N) is 2. The van der Waals surface area contributed by atoms with E-state index in [1.807, 2.05) is 38.2 Å². The summed E-state index contributed by atoms with van der Waals surface area (Å²) in [4.78, 5) is 11.6. The number of pyridine rings is 2. The lowest BCUT2D eigenvalue weighted by molar-refractivity contribution is 0.919. The third-order valence-corrected chi connectivity index (χ3v) is 3.95. The third-order valence-electron chi connectivity index (χ3n) is 3.55. The van der Waals surface area contributed by atoms with E-state index in [0.717, 1.165) is 32.9 Å². The number of rotatable bonds is 2. The Balaban J connectivity index is 0.000000753. The van der Waals surface area contributed by atoms with Gasteiger partial charge in [-0.15, -0.1) is 0 Å². The van der Waals surface area contributed by atoms with E-state index in [-0.39, 0.29) is 12.1 Å². The van der Waals surface area contributed by atoms with Crippen LogP contribution in [0.3, 0.4) is 0 Å². The first-order valence-electron chi connectivity index (χ1n) is 7.45. The molecule has 0 bridgehead atoms. The summed E-state index contributed by atoms with van der Waals surface area (Å²) in [7, 11) is 0. The average molecular weight is 325 g/mol. The monoisotopic (exact) mass is 325 g/mol. The highest BCUT2D eigenvalue weighted by molar-refractivity contribution is 7.94. The van der Waals surface area contributed by atoms with E-state index < -0.39 is 0 Å². The molecule has 0 saturated carbocycles. The summed E-state index contributed by atoms with van der Waals surface area (Å²) in [5.41, 5.74) is 4.13. The van der Waals surface area contributed by atoms with Gasteiger partial charge in [0.05, 0.1) is 0 Å². The van der Waals surface area contributed by atoms with E-state index in [0.29, 0.717) is 5.03 Å². The highest BCUT2D eigenvalue weighted by Gasteiger charge is 2.06. The summed E-state index contributed by atoms with van der Waals surface area (Å²) in [5, 5.41) is 2.63. The number of hydrogen-bond donors (Lipinski definition) is 1. The molecule has 5 heteroatoms. The van der Waals surface area contributed by atoms with Crippen molar-refractivity contribution in [3.8, 4) is 11.1 Å². The molecule has 23 heavy (non-hydrogen) atoms. The first kappa shape index (κ1) is 15.5. The molecule has 0 radical (unpaired) electrons. The summed E-state index contributed by atoms with van der Waals surface area (Å²) >= 11 is 0.154. The van der Waals surface area contributed by atoms with Gasteiger partial charge in [-0.25, -0.2) is 4.98 Å². The fraction of sp³-hybridized carbons (Fsp3) is 0.111. The Morgan fingerprint density at radius 3 is 2.48 bits per heavy atom. The molecule has 3 aromatic heterocycles. The molecule has 3 nitrogen and oxygen atoms in total. The minimum atomic E-state index is 0.154. The summed E-state index contributed by atoms with van der Waals surface area (Å²) in [6, 6.07) is 11.7. The minimum absolute atomic E-state index is 0.154. The second-order valence-electron chi connectivity index (χ2n) is 4.77. The normalized spacial score (nSPS) is 10.6. The molecule has 0 atom stereocenters. The summed E-state index contributed by atoms with van der Waals surface area (Å²) in [6.07, 6.45) is 5.33. The van der Waals surface area contributed by atoms with Gasteiger partial charge in [0.2, 0.25) is 0 Å². The van der Waals surface area contributed by atoms with Crippen LogP contribution in [0.4, 0.5) is 3.89 Å². The molecule has 0 spiro atoms. The lowest BCUT2D eigenvalue weighted by Gasteiger charge is -2.02. The van der Waals surface area contributed by atoms with Crippen molar-refractivity contribution in [2.75, 3.05) is 0 Å². The van der Waals surface area contributed by atoms with Crippen molar-refractivity contribution in [1.29, 1.82) is 0 Å². The van der Waals surface area contributed by atoms with Gasteiger partial charge < -0.3 is 4.98 Å². The van der Waals surface area contributed by atoms with Gasteiger partial charge in [0.15, 0.2) is 0 Å². The summed E-state index contributed by atoms with van der Waals surface area (Å²) in [6.45, 7) is 4.00. The predicted molar refractivity (Wildman–Crippen MR) is 95.1 cm³/mol. The standard InChI is InChI=1S/C16H10FN3S.C2H6/c17-21-16-4-2-11(8-19-16)10-1-3-12-13-9-18-6-5-14(13)20-15(12)7-10;1-2/h1-9,20H;1-2H3. The van der Waals surface area contributed by atoms with E-state index in [2.05, 4.69) is 27.1 Å². The molecule has 4 aromatic rings. The van der Waals surface area contributed by atoms with Crippen molar-refractivity contribution in [2.24, 2.45) is 0 Å². The topological polar surface area (TPSA) is 41.6 Å². The van der Waals surface area contributed by atoms with Crippen LogP contribution in [0.25, 0.3) is 32.9 Å². The van der Waals surface area contributed by atoms with E-state index in [1.54, 1.807) is 18.5 Å². The van der Waals surface area contributed by atoms with Crippen LogP contribution in [0.1, 0.15) is 13.8 Å². The lowest BCUT2D eigenvalue weighted by atomic mass is 10.1. The van der Waals surface area contributed by atoms with Crippen molar-refractivity contribution >= 4 is 34.0 Å². The smallest absolute Gasteiger partial charge is 0.129 e. The van der Waals surface area contributed by atoms with Gasteiger partial charge in [0, 0.05) is 46.0 Å². The van der Waals surface area contributed by atoms with Crippen LogP contribution < -0.4 is 0 Å². The lowest BCUT2D eigenvalue weighted by Crippen LogP contribution is -1.82. The Bertz CT molecular complexity index is 932. The number of nitrogens with one attached hydrogen (secondary N) is 1. The zero-order chi connectivity index (χ0) is 16.2. The fourth-order valence-corrected chi connectivity index (χ4v) is 2.73. The number of aromatic nitrogens is 3. The highest BCUT2D eigenvalue weighted by Crippen LogP contribution is 2.29. The molecule has 1 N–H and O–H groups in total.